The van der Waals surface area contributed by atoms with Crippen LogP contribution in [0.25, 0.3) is 0 Å². The Kier molecular flexibility index (Phi) is 3.89. The molecule has 1 atom stereocenters. The lowest BCUT2D eigenvalue weighted by molar-refractivity contribution is 0.275. The quantitative estimate of drug-likeness (QED) is 0.682. The van der Waals surface area contributed by atoms with Crippen molar-refractivity contribution in [3.05, 3.63) is 22.4 Å². The number of hydrogen-bond donors (Lipinski definition) is 0. The number of halogens is 1. The SMILES string of the molecule is CCC1(C(Br)Cc2ccsc2)CCCC1. The molecular formula is C13H19BrS. The molecule has 0 aliphatic heterocycles. The highest BCUT2D eigenvalue weighted by Gasteiger charge is 2.38. The predicted molar refractivity (Wildman–Crippen MR) is 71.9 cm³/mol. The van der Waals surface area contributed by atoms with Gasteiger partial charge in [-0.2, -0.15) is 11.3 Å². The van der Waals surface area contributed by atoms with Crippen molar-refractivity contribution in [1.29, 1.82) is 0 Å². The van der Waals surface area contributed by atoms with Gasteiger partial charge >= 0.3 is 0 Å². The van der Waals surface area contributed by atoms with Gasteiger partial charge < -0.3 is 0 Å². The summed E-state index contributed by atoms with van der Waals surface area (Å²) < 4.78 is 0. The van der Waals surface area contributed by atoms with E-state index >= 15 is 0 Å². The summed E-state index contributed by atoms with van der Waals surface area (Å²) in [5.41, 5.74) is 2.09. The molecule has 1 fully saturated rings. The van der Waals surface area contributed by atoms with Crippen LogP contribution in [0.1, 0.15) is 44.6 Å². The summed E-state index contributed by atoms with van der Waals surface area (Å²) in [6, 6.07) is 2.26. The summed E-state index contributed by atoms with van der Waals surface area (Å²) in [6.45, 7) is 2.35. The normalized spacial score (nSPS) is 21.7. The van der Waals surface area contributed by atoms with Crippen molar-refractivity contribution in [3.63, 3.8) is 0 Å². The van der Waals surface area contributed by atoms with Crippen LogP contribution in [-0.2, 0) is 6.42 Å². The van der Waals surface area contributed by atoms with Crippen molar-refractivity contribution in [2.24, 2.45) is 5.41 Å². The topological polar surface area (TPSA) is 0 Å². The van der Waals surface area contributed by atoms with E-state index in [0.29, 0.717) is 10.2 Å². The van der Waals surface area contributed by atoms with Crippen molar-refractivity contribution in [2.75, 3.05) is 0 Å². The third-order valence-electron chi connectivity index (χ3n) is 3.96. The highest BCUT2D eigenvalue weighted by molar-refractivity contribution is 9.09. The van der Waals surface area contributed by atoms with Crippen LogP contribution in [0.4, 0.5) is 0 Å². The van der Waals surface area contributed by atoms with Crippen LogP contribution in [0, 0.1) is 5.41 Å². The summed E-state index contributed by atoms with van der Waals surface area (Å²) in [4.78, 5) is 0.673. The first-order chi connectivity index (χ1) is 7.27. The van der Waals surface area contributed by atoms with Crippen LogP contribution in [-0.4, -0.2) is 4.83 Å². The molecule has 1 saturated carbocycles. The highest BCUT2D eigenvalue weighted by atomic mass is 79.9. The number of thiophene rings is 1. The van der Waals surface area contributed by atoms with Gasteiger partial charge in [-0.1, -0.05) is 35.7 Å². The molecule has 0 radical (unpaired) electrons. The van der Waals surface area contributed by atoms with Crippen molar-refractivity contribution in [1.82, 2.24) is 0 Å². The highest BCUT2D eigenvalue weighted by Crippen LogP contribution is 2.47. The summed E-state index contributed by atoms with van der Waals surface area (Å²) >= 11 is 5.76. The maximum Gasteiger partial charge on any atom is 0.0242 e. The molecule has 0 bridgehead atoms. The second-order valence-corrected chi connectivity index (χ2v) is 6.61. The molecule has 0 amide bonds. The average Bonchev–Trinajstić information content (AvgIpc) is 2.87. The standard InChI is InChI=1S/C13H19BrS/c1-2-13(6-3-4-7-13)12(14)9-11-5-8-15-10-11/h5,8,10,12H,2-4,6-7,9H2,1H3. The third-order valence-corrected chi connectivity index (χ3v) is 5.99. The predicted octanol–water partition coefficient (Wildman–Crippen LogP) is 5.02. The van der Waals surface area contributed by atoms with Crippen LogP contribution in [0.15, 0.2) is 16.8 Å². The number of hydrogen-bond acceptors (Lipinski definition) is 1. The number of rotatable bonds is 4. The zero-order chi connectivity index (χ0) is 10.7. The molecule has 1 aromatic heterocycles. The van der Waals surface area contributed by atoms with Crippen LogP contribution in [0.5, 0.6) is 0 Å². The molecule has 1 aliphatic carbocycles. The van der Waals surface area contributed by atoms with Gasteiger partial charge in [0, 0.05) is 4.83 Å². The van der Waals surface area contributed by atoms with E-state index in [1.165, 1.54) is 44.1 Å². The summed E-state index contributed by atoms with van der Waals surface area (Å²) in [5, 5.41) is 4.47. The van der Waals surface area contributed by atoms with Gasteiger partial charge in [0.2, 0.25) is 0 Å². The first kappa shape index (κ1) is 11.7. The Morgan fingerprint density at radius 2 is 2.20 bits per heavy atom. The van der Waals surface area contributed by atoms with E-state index in [0.717, 1.165) is 0 Å². The number of alkyl halides is 1. The molecule has 2 heteroatoms. The molecule has 0 spiro atoms. The maximum atomic E-state index is 3.95. The van der Waals surface area contributed by atoms with E-state index in [4.69, 9.17) is 0 Å². The molecule has 1 aliphatic rings. The molecule has 84 valence electrons. The van der Waals surface area contributed by atoms with Crippen molar-refractivity contribution in [2.45, 2.75) is 50.3 Å². The van der Waals surface area contributed by atoms with E-state index in [9.17, 15) is 0 Å². The van der Waals surface area contributed by atoms with Gasteiger partial charge in [0.15, 0.2) is 0 Å². The molecule has 1 unspecified atom stereocenters. The fraction of sp³-hybridized carbons (Fsp3) is 0.692. The lowest BCUT2D eigenvalue weighted by Gasteiger charge is -2.33. The van der Waals surface area contributed by atoms with Crippen LogP contribution >= 0.6 is 27.3 Å². The molecule has 1 aromatic rings. The van der Waals surface area contributed by atoms with Crippen molar-refractivity contribution >= 4 is 27.3 Å². The van der Waals surface area contributed by atoms with Gasteiger partial charge in [0.05, 0.1) is 0 Å². The van der Waals surface area contributed by atoms with Gasteiger partial charge in [0.1, 0.15) is 0 Å². The van der Waals surface area contributed by atoms with Crippen molar-refractivity contribution in [3.8, 4) is 0 Å². The first-order valence-corrected chi connectivity index (χ1v) is 7.78. The van der Waals surface area contributed by atoms with E-state index in [2.05, 4.69) is 39.7 Å². The summed E-state index contributed by atoms with van der Waals surface area (Å²) in [5.74, 6) is 0. The lowest BCUT2D eigenvalue weighted by atomic mass is 9.78. The Morgan fingerprint density at radius 3 is 2.73 bits per heavy atom. The molecule has 2 rings (SSSR count). The second-order valence-electron chi connectivity index (χ2n) is 4.73. The van der Waals surface area contributed by atoms with E-state index in [-0.39, 0.29) is 0 Å². The van der Waals surface area contributed by atoms with Crippen LogP contribution < -0.4 is 0 Å². The van der Waals surface area contributed by atoms with Gasteiger partial charge in [-0.3, -0.25) is 0 Å². The monoisotopic (exact) mass is 286 g/mol. The Morgan fingerprint density at radius 1 is 1.47 bits per heavy atom. The summed E-state index contributed by atoms with van der Waals surface area (Å²) in [6.07, 6.45) is 8.23. The zero-order valence-electron chi connectivity index (χ0n) is 9.34. The van der Waals surface area contributed by atoms with E-state index < -0.39 is 0 Å². The Balaban J connectivity index is 2.02. The van der Waals surface area contributed by atoms with E-state index in [1.54, 1.807) is 0 Å². The largest absolute Gasteiger partial charge is 0.152 e. The molecule has 0 saturated heterocycles. The Hall–Kier alpha value is 0.180. The van der Waals surface area contributed by atoms with Gasteiger partial charge in [-0.25, -0.2) is 0 Å². The Bertz CT molecular complexity index is 285. The molecular weight excluding hydrogens is 268 g/mol. The molecule has 15 heavy (non-hydrogen) atoms. The molecule has 0 N–H and O–H groups in total. The van der Waals surface area contributed by atoms with Crippen molar-refractivity contribution < 1.29 is 0 Å². The minimum Gasteiger partial charge on any atom is -0.152 e. The fourth-order valence-corrected chi connectivity index (χ4v) is 4.64. The van der Waals surface area contributed by atoms with Gasteiger partial charge in [-0.15, -0.1) is 0 Å². The van der Waals surface area contributed by atoms with Crippen LogP contribution in [0.2, 0.25) is 0 Å². The minimum absolute atomic E-state index is 0.585. The van der Waals surface area contributed by atoms with Crippen LogP contribution in [0.3, 0.4) is 0 Å². The van der Waals surface area contributed by atoms with Gasteiger partial charge in [0.25, 0.3) is 0 Å². The second kappa shape index (κ2) is 5.01. The molecule has 1 heterocycles. The zero-order valence-corrected chi connectivity index (χ0v) is 11.7. The smallest absolute Gasteiger partial charge is 0.0242 e. The maximum absolute atomic E-state index is 3.95. The summed E-state index contributed by atoms with van der Waals surface area (Å²) in [7, 11) is 0. The fourth-order valence-electron chi connectivity index (χ4n) is 2.80. The molecule has 0 aromatic carbocycles. The third kappa shape index (κ3) is 2.47. The minimum atomic E-state index is 0.585. The van der Waals surface area contributed by atoms with Gasteiger partial charge in [-0.05, 0) is 53.5 Å². The Labute approximate surface area is 105 Å². The molecule has 0 nitrogen and oxygen atoms in total. The average molecular weight is 287 g/mol. The first-order valence-electron chi connectivity index (χ1n) is 5.92. The van der Waals surface area contributed by atoms with E-state index in [1.807, 2.05) is 11.3 Å². The lowest BCUT2D eigenvalue weighted by Crippen LogP contribution is -2.28.